The zero-order chi connectivity index (χ0) is 12.9. The van der Waals surface area contributed by atoms with Crippen molar-refractivity contribution in [3.05, 3.63) is 24.0 Å². The van der Waals surface area contributed by atoms with Gasteiger partial charge >= 0.3 is 0 Å². The molecule has 1 N–H and O–H groups in total. The lowest BCUT2D eigenvalue weighted by Crippen LogP contribution is -2.38. The van der Waals surface area contributed by atoms with Gasteiger partial charge in [0, 0.05) is 12.2 Å². The van der Waals surface area contributed by atoms with Gasteiger partial charge in [0.2, 0.25) is 0 Å². The lowest BCUT2D eigenvalue weighted by atomic mass is 9.84. The Morgan fingerprint density at radius 2 is 2.12 bits per heavy atom. The van der Waals surface area contributed by atoms with Crippen molar-refractivity contribution in [2.75, 3.05) is 14.2 Å². The number of nitrogens with one attached hydrogen (secondary N) is 1. The van der Waals surface area contributed by atoms with Gasteiger partial charge in [-0.1, -0.05) is 20.8 Å². The van der Waals surface area contributed by atoms with E-state index >= 15 is 0 Å². The molecule has 0 saturated heterocycles. The first-order valence-corrected chi connectivity index (χ1v) is 6.14. The molecular weight excluding hydrogens is 212 g/mol. The third-order valence-corrected chi connectivity index (χ3v) is 3.13. The van der Waals surface area contributed by atoms with Gasteiger partial charge in [0.1, 0.15) is 5.75 Å². The summed E-state index contributed by atoms with van der Waals surface area (Å²) in [7, 11) is 3.71. The first-order valence-electron chi connectivity index (χ1n) is 6.14. The number of pyridine rings is 1. The number of hydrogen-bond donors (Lipinski definition) is 1. The van der Waals surface area contributed by atoms with E-state index in [1.54, 1.807) is 7.11 Å². The van der Waals surface area contributed by atoms with Gasteiger partial charge in [-0.25, -0.2) is 0 Å². The first kappa shape index (κ1) is 14.0. The van der Waals surface area contributed by atoms with Gasteiger partial charge in [0.25, 0.3) is 0 Å². The molecule has 0 amide bonds. The molecule has 1 atom stereocenters. The summed E-state index contributed by atoms with van der Waals surface area (Å²) in [5, 5.41) is 3.38. The van der Waals surface area contributed by atoms with E-state index in [4.69, 9.17) is 4.74 Å². The number of ether oxygens (including phenoxy) is 1. The number of rotatable bonds is 5. The lowest BCUT2D eigenvalue weighted by molar-refractivity contribution is 0.266. The highest BCUT2D eigenvalue weighted by atomic mass is 16.5. The minimum atomic E-state index is 0.261. The van der Waals surface area contributed by atoms with Gasteiger partial charge in [-0.3, -0.25) is 4.98 Å². The Labute approximate surface area is 105 Å². The molecule has 3 heteroatoms. The monoisotopic (exact) mass is 236 g/mol. The first-order chi connectivity index (χ1) is 7.99. The second-order valence-corrected chi connectivity index (χ2v) is 5.40. The molecule has 1 aromatic rings. The number of aromatic nitrogens is 1. The smallest absolute Gasteiger partial charge is 0.140 e. The predicted octanol–water partition coefficient (Wildman–Crippen LogP) is 2.66. The summed E-state index contributed by atoms with van der Waals surface area (Å²) in [5.41, 5.74) is 1.30. The van der Waals surface area contributed by atoms with Crippen molar-refractivity contribution in [2.45, 2.75) is 39.7 Å². The van der Waals surface area contributed by atoms with Gasteiger partial charge in [-0.2, -0.15) is 0 Å². The van der Waals surface area contributed by atoms with E-state index in [1.165, 1.54) is 0 Å². The Morgan fingerprint density at radius 3 is 2.65 bits per heavy atom. The summed E-state index contributed by atoms with van der Waals surface area (Å²) >= 11 is 0. The summed E-state index contributed by atoms with van der Waals surface area (Å²) in [6, 6.07) is 4.35. The van der Waals surface area contributed by atoms with Crippen LogP contribution < -0.4 is 10.1 Å². The van der Waals surface area contributed by atoms with Gasteiger partial charge in [0.05, 0.1) is 12.8 Å². The fourth-order valence-electron chi connectivity index (χ4n) is 2.09. The zero-order valence-corrected chi connectivity index (χ0v) is 11.6. The van der Waals surface area contributed by atoms with Crippen LogP contribution in [0.4, 0.5) is 0 Å². The average Bonchev–Trinajstić information content (AvgIpc) is 2.28. The molecule has 1 unspecified atom stereocenters. The van der Waals surface area contributed by atoms with Crippen LogP contribution in [0.2, 0.25) is 0 Å². The van der Waals surface area contributed by atoms with Crippen molar-refractivity contribution in [3.63, 3.8) is 0 Å². The maximum atomic E-state index is 5.31. The number of aryl methyl sites for hydroxylation is 1. The normalized spacial score (nSPS) is 13.5. The molecule has 1 aromatic heterocycles. The molecule has 0 fully saturated rings. The molecule has 0 aliphatic carbocycles. The average molecular weight is 236 g/mol. The standard InChI is InChI=1S/C14H24N2O/c1-14(2,3)13(15-4)9-8-11-12(17-5)7-6-10-16-11/h6-7,10,13,15H,8-9H2,1-5H3. The van der Waals surface area contributed by atoms with Gasteiger partial charge in [0.15, 0.2) is 0 Å². The number of methoxy groups -OCH3 is 1. The third-order valence-electron chi connectivity index (χ3n) is 3.13. The van der Waals surface area contributed by atoms with Crippen LogP contribution in [0.15, 0.2) is 18.3 Å². The maximum absolute atomic E-state index is 5.31. The zero-order valence-electron chi connectivity index (χ0n) is 11.6. The van der Waals surface area contributed by atoms with Crippen molar-refractivity contribution in [2.24, 2.45) is 5.41 Å². The van der Waals surface area contributed by atoms with E-state index in [9.17, 15) is 0 Å². The molecule has 0 saturated carbocycles. The van der Waals surface area contributed by atoms with Gasteiger partial charge in [-0.15, -0.1) is 0 Å². The molecule has 0 spiro atoms. The summed E-state index contributed by atoms with van der Waals surface area (Å²) in [4.78, 5) is 4.39. The second kappa shape index (κ2) is 6.01. The van der Waals surface area contributed by atoms with Crippen LogP contribution in [0.3, 0.4) is 0 Å². The van der Waals surface area contributed by atoms with E-state index in [0.717, 1.165) is 24.3 Å². The highest BCUT2D eigenvalue weighted by Gasteiger charge is 2.23. The van der Waals surface area contributed by atoms with Crippen molar-refractivity contribution < 1.29 is 4.74 Å². The third kappa shape index (κ3) is 4.00. The number of hydrogen-bond acceptors (Lipinski definition) is 3. The Balaban J connectivity index is 2.66. The molecule has 3 nitrogen and oxygen atoms in total. The van der Waals surface area contributed by atoms with E-state index in [2.05, 4.69) is 31.1 Å². The van der Waals surface area contributed by atoms with E-state index in [-0.39, 0.29) is 5.41 Å². The van der Waals surface area contributed by atoms with Gasteiger partial charge < -0.3 is 10.1 Å². The molecule has 0 aromatic carbocycles. The Morgan fingerprint density at radius 1 is 1.41 bits per heavy atom. The minimum absolute atomic E-state index is 0.261. The molecule has 0 aliphatic rings. The minimum Gasteiger partial charge on any atom is -0.495 e. The lowest BCUT2D eigenvalue weighted by Gasteiger charge is -2.30. The molecule has 1 heterocycles. The molecule has 1 rings (SSSR count). The highest BCUT2D eigenvalue weighted by molar-refractivity contribution is 5.26. The fourth-order valence-corrected chi connectivity index (χ4v) is 2.09. The van der Waals surface area contributed by atoms with Crippen LogP contribution in [-0.2, 0) is 6.42 Å². The van der Waals surface area contributed by atoms with Crippen molar-refractivity contribution >= 4 is 0 Å². The van der Waals surface area contributed by atoms with Crippen LogP contribution in [0.1, 0.15) is 32.9 Å². The quantitative estimate of drug-likeness (QED) is 0.853. The second-order valence-electron chi connectivity index (χ2n) is 5.40. The van der Waals surface area contributed by atoms with Crippen molar-refractivity contribution in [1.29, 1.82) is 0 Å². The van der Waals surface area contributed by atoms with Crippen LogP contribution in [-0.4, -0.2) is 25.2 Å². The largest absolute Gasteiger partial charge is 0.495 e. The Hall–Kier alpha value is -1.09. The highest BCUT2D eigenvalue weighted by Crippen LogP contribution is 2.24. The van der Waals surface area contributed by atoms with Gasteiger partial charge in [-0.05, 0) is 37.4 Å². The van der Waals surface area contributed by atoms with Crippen LogP contribution in [0.25, 0.3) is 0 Å². The van der Waals surface area contributed by atoms with Crippen LogP contribution in [0.5, 0.6) is 5.75 Å². The van der Waals surface area contributed by atoms with E-state index in [0.29, 0.717) is 6.04 Å². The fraction of sp³-hybridized carbons (Fsp3) is 0.643. The molecule has 0 aliphatic heterocycles. The predicted molar refractivity (Wildman–Crippen MR) is 71.4 cm³/mol. The summed E-state index contributed by atoms with van der Waals surface area (Å²) in [6.45, 7) is 6.76. The van der Waals surface area contributed by atoms with E-state index in [1.807, 2.05) is 25.4 Å². The van der Waals surface area contributed by atoms with E-state index < -0.39 is 0 Å². The molecule has 0 radical (unpaired) electrons. The Bertz CT molecular complexity index is 344. The summed E-state index contributed by atoms with van der Waals surface area (Å²) in [5.74, 6) is 0.885. The maximum Gasteiger partial charge on any atom is 0.140 e. The number of nitrogens with zero attached hydrogens (tertiary/aromatic N) is 1. The van der Waals surface area contributed by atoms with Crippen molar-refractivity contribution in [1.82, 2.24) is 10.3 Å². The summed E-state index contributed by atoms with van der Waals surface area (Å²) < 4.78 is 5.31. The van der Waals surface area contributed by atoms with Crippen LogP contribution in [0, 0.1) is 5.41 Å². The molecular formula is C14H24N2O. The van der Waals surface area contributed by atoms with Crippen LogP contribution >= 0.6 is 0 Å². The SMILES string of the molecule is CNC(CCc1ncccc1OC)C(C)(C)C. The molecule has 17 heavy (non-hydrogen) atoms. The topological polar surface area (TPSA) is 34.2 Å². The van der Waals surface area contributed by atoms with Crippen molar-refractivity contribution in [3.8, 4) is 5.75 Å². The Kier molecular flexibility index (Phi) is 4.94. The molecule has 96 valence electrons. The molecule has 0 bridgehead atoms. The summed E-state index contributed by atoms with van der Waals surface area (Å²) in [6.07, 6.45) is 3.82.